The summed E-state index contributed by atoms with van der Waals surface area (Å²) in [6, 6.07) is 19.5. The van der Waals surface area contributed by atoms with Crippen LogP contribution in [0.2, 0.25) is 5.02 Å². The second-order valence-electron chi connectivity index (χ2n) is 10.5. The molecule has 1 N–H and O–H groups in total. The molecule has 0 bridgehead atoms. The molecule has 0 saturated heterocycles. The van der Waals surface area contributed by atoms with Gasteiger partial charge in [-0.1, -0.05) is 76.6 Å². The highest BCUT2D eigenvalue weighted by atomic mass is 79.9. The first-order chi connectivity index (χ1) is 19.5. The van der Waals surface area contributed by atoms with Crippen LogP contribution in [-0.4, -0.2) is 43.8 Å². The van der Waals surface area contributed by atoms with Gasteiger partial charge in [-0.25, -0.2) is 8.42 Å². The summed E-state index contributed by atoms with van der Waals surface area (Å²) in [7, 11) is -4.14. The van der Waals surface area contributed by atoms with Crippen LogP contribution in [0.25, 0.3) is 0 Å². The van der Waals surface area contributed by atoms with E-state index in [1.165, 1.54) is 29.2 Å². The lowest BCUT2D eigenvalue weighted by Crippen LogP contribution is -2.53. The number of nitrogens with one attached hydrogen (secondary N) is 1. The predicted molar refractivity (Wildman–Crippen MR) is 166 cm³/mol. The lowest BCUT2D eigenvalue weighted by molar-refractivity contribution is -0.139. The van der Waals surface area contributed by atoms with Crippen molar-refractivity contribution in [2.45, 2.75) is 69.5 Å². The fourth-order valence-corrected chi connectivity index (χ4v) is 6.94. The lowest BCUT2D eigenvalue weighted by atomic mass is 9.95. The number of carbonyl (C=O) groups is 2. The summed E-state index contributed by atoms with van der Waals surface area (Å²) in [5, 5.41) is 3.52. The zero-order chi connectivity index (χ0) is 29.6. The number of aryl methyl sites for hydroxylation is 1. The molecule has 218 valence electrons. The van der Waals surface area contributed by atoms with Crippen LogP contribution >= 0.6 is 27.5 Å². The zero-order valence-electron chi connectivity index (χ0n) is 23.2. The maximum absolute atomic E-state index is 14.1. The Balaban J connectivity index is 1.67. The van der Waals surface area contributed by atoms with Crippen LogP contribution < -0.4 is 9.62 Å². The number of halogens is 2. The largest absolute Gasteiger partial charge is 0.352 e. The number of amides is 2. The quantitative estimate of drug-likeness (QED) is 0.270. The Labute approximate surface area is 256 Å². The molecule has 0 heterocycles. The lowest BCUT2D eigenvalue weighted by Gasteiger charge is -2.33. The van der Waals surface area contributed by atoms with Crippen molar-refractivity contribution < 1.29 is 18.0 Å². The predicted octanol–water partition coefficient (Wildman–Crippen LogP) is 6.47. The SMILES string of the molecule is Cc1ccc(N(CC(=O)N(Cc2cccc(Br)c2)C(C)C(=O)NC2CCCCC2)S(=O)(=O)c2ccc(Cl)cc2)cc1. The smallest absolute Gasteiger partial charge is 0.264 e. The molecule has 1 aliphatic rings. The second kappa shape index (κ2) is 13.9. The molecule has 3 aromatic carbocycles. The summed E-state index contributed by atoms with van der Waals surface area (Å²) in [6.45, 7) is 3.25. The molecule has 1 atom stereocenters. The molecule has 3 aromatic rings. The maximum atomic E-state index is 14.1. The molecule has 4 rings (SSSR count). The Morgan fingerprint density at radius 1 is 1.00 bits per heavy atom. The van der Waals surface area contributed by atoms with Crippen molar-refractivity contribution in [2.75, 3.05) is 10.8 Å². The van der Waals surface area contributed by atoms with Crippen LogP contribution in [0.5, 0.6) is 0 Å². The molecule has 41 heavy (non-hydrogen) atoms. The van der Waals surface area contributed by atoms with E-state index in [1.807, 2.05) is 31.2 Å². The van der Waals surface area contributed by atoms with Gasteiger partial charge >= 0.3 is 0 Å². The minimum Gasteiger partial charge on any atom is -0.352 e. The van der Waals surface area contributed by atoms with Crippen LogP contribution in [0.1, 0.15) is 50.2 Å². The zero-order valence-corrected chi connectivity index (χ0v) is 26.4. The van der Waals surface area contributed by atoms with E-state index < -0.39 is 28.5 Å². The number of anilines is 1. The molecule has 10 heteroatoms. The van der Waals surface area contributed by atoms with Crippen molar-refractivity contribution in [3.8, 4) is 0 Å². The monoisotopic (exact) mass is 659 g/mol. The normalized spacial score (nSPS) is 14.7. The molecule has 7 nitrogen and oxygen atoms in total. The number of hydrogen-bond donors (Lipinski definition) is 1. The van der Waals surface area contributed by atoms with E-state index in [0.29, 0.717) is 10.7 Å². The van der Waals surface area contributed by atoms with Gasteiger partial charge in [-0.2, -0.15) is 0 Å². The average molecular weight is 661 g/mol. The maximum Gasteiger partial charge on any atom is 0.264 e. The van der Waals surface area contributed by atoms with Crippen LogP contribution in [0.15, 0.2) is 82.2 Å². The first-order valence-electron chi connectivity index (χ1n) is 13.7. The molecule has 2 amide bonds. The van der Waals surface area contributed by atoms with Gasteiger partial charge in [0.15, 0.2) is 0 Å². The minimum absolute atomic E-state index is 0.0110. The molecular formula is C31H35BrClN3O4S. The fourth-order valence-electron chi connectivity index (χ4n) is 4.96. The van der Waals surface area contributed by atoms with Crippen LogP contribution in [-0.2, 0) is 26.2 Å². The third-order valence-corrected chi connectivity index (χ3v) is 9.90. The summed E-state index contributed by atoms with van der Waals surface area (Å²) in [5.74, 6) is -0.739. The van der Waals surface area contributed by atoms with Gasteiger partial charge in [0, 0.05) is 22.1 Å². The number of benzene rings is 3. The minimum atomic E-state index is -4.14. The van der Waals surface area contributed by atoms with Gasteiger partial charge in [-0.3, -0.25) is 13.9 Å². The van der Waals surface area contributed by atoms with E-state index in [9.17, 15) is 18.0 Å². The molecule has 1 fully saturated rings. The third kappa shape index (κ3) is 8.11. The highest BCUT2D eigenvalue weighted by Gasteiger charge is 2.33. The first kappa shape index (κ1) is 31.1. The van der Waals surface area contributed by atoms with Crippen molar-refractivity contribution in [2.24, 2.45) is 0 Å². The van der Waals surface area contributed by atoms with E-state index in [-0.39, 0.29) is 23.4 Å². The van der Waals surface area contributed by atoms with Gasteiger partial charge in [0.25, 0.3) is 10.0 Å². The topological polar surface area (TPSA) is 86.8 Å². The standard InChI is InChI=1S/C31H35BrClN3O4S/c1-22-11-15-28(16-12-22)36(41(39,40)29-17-13-26(33)14-18-29)21-30(37)35(20-24-7-6-8-25(32)19-24)23(2)31(38)34-27-9-4-3-5-10-27/h6-8,11-19,23,27H,3-5,9-10,20-21H2,1-2H3,(H,34,38). The van der Waals surface area contributed by atoms with E-state index in [2.05, 4.69) is 21.2 Å². The highest BCUT2D eigenvalue weighted by Crippen LogP contribution is 2.26. The summed E-state index contributed by atoms with van der Waals surface area (Å²) < 4.78 is 29.7. The average Bonchev–Trinajstić information content (AvgIpc) is 2.95. The van der Waals surface area contributed by atoms with E-state index in [0.717, 1.165) is 52.0 Å². The Kier molecular flexibility index (Phi) is 10.5. The van der Waals surface area contributed by atoms with Gasteiger partial charge < -0.3 is 10.2 Å². The second-order valence-corrected chi connectivity index (χ2v) is 13.7. The van der Waals surface area contributed by atoms with Crippen molar-refractivity contribution >= 4 is 55.1 Å². The van der Waals surface area contributed by atoms with Gasteiger partial charge in [0.1, 0.15) is 12.6 Å². The summed E-state index contributed by atoms with van der Waals surface area (Å²) in [5.41, 5.74) is 2.11. The Bertz CT molecular complexity index is 1460. The summed E-state index contributed by atoms with van der Waals surface area (Å²) >= 11 is 9.49. The summed E-state index contributed by atoms with van der Waals surface area (Å²) in [6.07, 6.45) is 5.12. The molecular weight excluding hydrogens is 626 g/mol. The van der Waals surface area contributed by atoms with Crippen molar-refractivity contribution in [1.29, 1.82) is 0 Å². The van der Waals surface area contributed by atoms with Crippen LogP contribution in [0.3, 0.4) is 0 Å². The number of sulfonamides is 1. The number of rotatable bonds is 10. The third-order valence-electron chi connectivity index (χ3n) is 7.36. The Hall–Kier alpha value is -2.88. The van der Waals surface area contributed by atoms with E-state index >= 15 is 0 Å². The Morgan fingerprint density at radius 3 is 2.29 bits per heavy atom. The van der Waals surface area contributed by atoms with Crippen LogP contribution in [0, 0.1) is 6.92 Å². The Morgan fingerprint density at radius 2 is 1.66 bits per heavy atom. The molecule has 0 aromatic heterocycles. The molecule has 1 aliphatic carbocycles. The molecule has 0 radical (unpaired) electrons. The van der Waals surface area contributed by atoms with E-state index in [1.54, 1.807) is 31.2 Å². The van der Waals surface area contributed by atoms with Gasteiger partial charge in [0.2, 0.25) is 11.8 Å². The molecule has 0 spiro atoms. The highest BCUT2D eigenvalue weighted by molar-refractivity contribution is 9.10. The molecule has 0 aliphatic heterocycles. The van der Waals surface area contributed by atoms with Crippen molar-refractivity contribution in [3.63, 3.8) is 0 Å². The fraction of sp³-hybridized carbons (Fsp3) is 0.355. The van der Waals surface area contributed by atoms with Gasteiger partial charge in [0.05, 0.1) is 10.6 Å². The van der Waals surface area contributed by atoms with E-state index in [4.69, 9.17) is 11.6 Å². The number of carbonyl (C=O) groups excluding carboxylic acids is 2. The van der Waals surface area contributed by atoms with Crippen LogP contribution in [0.4, 0.5) is 5.69 Å². The number of nitrogens with zero attached hydrogens (tertiary/aromatic N) is 2. The molecule has 1 unspecified atom stereocenters. The molecule has 1 saturated carbocycles. The number of hydrogen-bond acceptors (Lipinski definition) is 4. The van der Waals surface area contributed by atoms with Gasteiger partial charge in [-0.05, 0) is 80.8 Å². The first-order valence-corrected chi connectivity index (χ1v) is 16.3. The van der Waals surface area contributed by atoms with Crippen molar-refractivity contribution in [3.05, 3.63) is 93.4 Å². The van der Waals surface area contributed by atoms with Gasteiger partial charge in [-0.15, -0.1) is 0 Å². The van der Waals surface area contributed by atoms with Crippen molar-refractivity contribution in [1.82, 2.24) is 10.2 Å². The summed E-state index contributed by atoms with van der Waals surface area (Å²) in [4.78, 5) is 28.9.